The average Bonchev–Trinajstić information content (AvgIpc) is 2.77. The first-order chi connectivity index (χ1) is 9.08. The zero-order valence-electron chi connectivity index (χ0n) is 10.3. The molecule has 0 atom stereocenters. The predicted molar refractivity (Wildman–Crippen MR) is 73.5 cm³/mol. The highest BCUT2D eigenvalue weighted by molar-refractivity contribution is 6.30. The first-order valence-electron chi connectivity index (χ1n) is 5.72. The normalized spacial score (nSPS) is 10.4. The summed E-state index contributed by atoms with van der Waals surface area (Å²) in [5.74, 6) is 0.920. The molecular formula is C12H13ClN4O2. The minimum absolute atomic E-state index is 0.0210. The lowest BCUT2D eigenvalue weighted by atomic mass is 10.2. The SMILES string of the molecule is Cn1ccnc1CCNc1ccc(Cl)cc1[N+](=O)[O-]. The van der Waals surface area contributed by atoms with Gasteiger partial charge < -0.3 is 9.88 Å². The van der Waals surface area contributed by atoms with Crippen molar-refractivity contribution in [2.75, 3.05) is 11.9 Å². The van der Waals surface area contributed by atoms with Gasteiger partial charge >= 0.3 is 0 Å². The van der Waals surface area contributed by atoms with Crippen LogP contribution < -0.4 is 5.32 Å². The van der Waals surface area contributed by atoms with Crippen LogP contribution in [0.1, 0.15) is 5.82 Å². The van der Waals surface area contributed by atoms with Crippen molar-refractivity contribution in [2.45, 2.75) is 6.42 Å². The van der Waals surface area contributed by atoms with Crippen molar-refractivity contribution in [2.24, 2.45) is 7.05 Å². The number of aryl methyl sites for hydroxylation is 1. The molecule has 0 amide bonds. The molecule has 19 heavy (non-hydrogen) atoms. The lowest BCUT2D eigenvalue weighted by Gasteiger charge is -2.07. The van der Waals surface area contributed by atoms with Gasteiger partial charge in [0.05, 0.1) is 4.92 Å². The molecule has 1 aromatic heterocycles. The number of nitro groups is 1. The van der Waals surface area contributed by atoms with Gasteiger partial charge in [-0.1, -0.05) is 11.6 Å². The summed E-state index contributed by atoms with van der Waals surface area (Å²) in [5.41, 5.74) is 0.441. The van der Waals surface area contributed by atoms with Crippen molar-refractivity contribution in [3.05, 3.63) is 51.6 Å². The second-order valence-electron chi connectivity index (χ2n) is 4.05. The van der Waals surface area contributed by atoms with Crippen molar-refractivity contribution < 1.29 is 4.92 Å². The molecule has 0 radical (unpaired) electrons. The van der Waals surface area contributed by atoms with Crippen molar-refractivity contribution >= 4 is 23.0 Å². The van der Waals surface area contributed by atoms with E-state index in [1.807, 2.05) is 17.8 Å². The number of nitro benzene ring substituents is 1. The Labute approximate surface area is 115 Å². The van der Waals surface area contributed by atoms with Crippen LogP contribution in [0, 0.1) is 10.1 Å². The number of rotatable bonds is 5. The zero-order valence-corrected chi connectivity index (χ0v) is 11.1. The maximum absolute atomic E-state index is 10.9. The van der Waals surface area contributed by atoms with Gasteiger partial charge in [-0.2, -0.15) is 0 Å². The van der Waals surface area contributed by atoms with Crippen LogP contribution in [0.25, 0.3) is 0 Å². The van der Waals surface area contributed by atoms with E-state index in [-0.39, 0.29) is 5.69 Å². The quantitative estimate of drug-likeness (QED) is 0.675. The summed E-state index contributed by atoms with van der Waals surface area (Å²) in [6, 6.07) is 4.57. The van der Waals surface area contributed by atoms with E-state index in [2.05, 4.69) is 10.3 Å². The van der Waals surface area contributed by atoms with Crippen LogP contribution in [-0.4, -0.2) is 21.0 Å². The number of hydrogen-bond donors (Lipinski definition) is 1. The molecule has 0 aliphatic carbocycles. The first-order valence-corrected chi connectivity index (χ1v) is 6.10. The third-order valence-corrected chi connectivity index (χ3v) is 2.98. The summed E-state index contributed by atoms with van der Waals surface area (Å²) in [6.07, 6.45) is 4.27. The Kier molecular flexibility index (Phi) is 4.01. The van der Waals surface area contributed by atoms with E-state index in [0.717, 1.165) is 5.82 Å². The Morgan fingerprint density at radius 2 is 2.32 bits per heavy atom. The van der Waals surface area contributed by atoms with Gasteiger partial charge in [-0.15, -0.1) is 0 Å². The second-order valence-corrected chi connectivity index (χ2v) is 4.49. The van der Waals surface area contributed by atoms with E-state index in [4.69, 9.17) is 11.6 Å². The maximum atomic E-state index is 10.9. The average molecular weight is 281 g/mol. The number of halogens is 1. The standard InChI is InChI=1S/C12H13ClN4O2/c1-16-7-6-15-12(16)4-5-14-10-3-2-9(13)8-11(10)17(18)19/h2-3,6-8,14H,4-5H2,1H3. The fourth-order valence-electron chi connectivity index (χ4n) is 1.75. The fourth-order valence-corrected chi connectivity index (χ4v) is 1.92. The minimum atomic E-state index is -0.449. The number of nitrogens with zero attached hydrogens (tertiary/aromatic N) is 3. The van der Waals surface area contributed by atoms with Crippen LogP contribution in [0.5, 0.6) is 0 Å². The summed E-state index contributed by atoms with van der Waals surface area (Å²) in [4.78, 5) is 14.6. The second kappa shape index (κ2) is 5.71. The molecule has 0 saturated carbocycles. The smallest absolute Gasteiger partial charge is 0.293 e. The number of anilines is 1. The van der Waals surface area contributed by atoms with Crippen molar-refractivity contribution in [1.82, 2.24) is 9.55 Å². The third kappa shape index (κ3) is 3.23. The molecule has 2 rings (SSSR count). The number of nitrogens with one attached hydrogen (secondary N) is 1. The van der Waals surface area contributed by atoms with Gasteiger partial charge in [0.1, 0.15) is 11.5 Å². The monoisotopic (exact) mass is 280 g/mol. The molecule has 0 fully saturated rings. The van der Waals surface area contributed by atoms with E-state index in [1.54, 1.807) is 18.3 Å². The molecule has 2 aromatic rings. The molecule has 6 nitrogen and oxygen atoms in total. The maximum Gasteiger partial charge on any atom is 0.293 e. The fraction of sp³-hybridized carbons (Fsp3) is 0.250. The Morgan fingerprint density at radius 3 is 2.95 bits per heavy atom. The van der Waals surface area contributed by atoms with Gasteiger partial charge in [0, 0.05) is 43.5 Å². The Morgan fingerprint density at radius 1 is 1.53 bits per heavy atom. The lowest BCUT2D eigenvalue weighted by Crippen LogP contribution is -2.09. The van der Waals surface area contributed by atoms with Gasteiger partial charge in [0.25, 0.3) is 5.69 Å². The molecule has 0 aliphatic heterocycles. The minimum Gasteiger partial charge on any atom is -0.379 e. The highest BCUT2D eigenvalue weighted by Gasteiger charge is 2.13. The molecule has 0 unspecified atom stereocenters. The molecule has 1 N–H and O–H groups in total. The molecule has 1 aromatic carbocycles. The number of hydrogen-bond acceptors (Lipinski definition) is 4. The van der Waals surface area contributed by atoms with Crippen LogP contribution in [0.3, 0.4) is 0 Å². The third-order valence-electron chi connectivity index (χ3n) is 2.74. The Bertz CT molecular complexity index is 597. The van der Waals surface area contributed by atoms with E-state index >= 15 is 0 Å². The van der Waals surface area contributed by atoms with Gasteiger partial charge in [-0.25, -0.2) is 4.98 Å². The van der Waals surface area contributed by atoms with Crippen LogP contribution in [0.4, 0.5) is 11.4 Å². The molecule has 7 heteroatoms. The molecule has 0 saturated heterocycles. The summed E-state index contributed by atoms with van der Waals surface area (Å²) >= 11 is 5.75. The number of aromatic nitrogens is 2. The summed E-state index contributed by atoms with van der Waals surface area (Å²) in [5, 5.41) is 14.3. The Hall–Kier alpha value is -2.08. The van der Waals surface area contributed by atoms with E-state index in [9.17, 15) is 10.1 Å². The highest BCUT2D eigenvalue weighted by atomic mass is 35.5. The molecule has 0 bridgehead atoms. The molecule has 0 spiro atoms. The lowest BCUT2D eigenvalue weighted by molar-refractivity contribution is -0.383. The van der Waals surface area contributed by atoms with E-state index in [1.165, 1.54) is 6.07 Å². The number of benzene rings is 1. The van der Waals surface area contributed by atoms with Crippen molar-refractivity contribution in [1.29, 1.82) is 0 Å². The van der Waals surface area contributed by atoms with Gasteiger partial charge in [0.2, 0.25) is 0 Å². The molecule has 0 aliphatic rings. The molecule has 1 heterocycles. The topological polar surface area (TPSA) is 73.0 Å². The largest absolute Gasteiger partial charge is 0.379 e. The first kappa shape index (κ1) is 13.4. The zero-order chi connectivity index (χ0) is 13.8. The molecule has 100 valence electrons. The Balaban J connectivity index is 2.03. The summed E-state index contributed by atoms with van der Waals surface area (Å²) in [6.45, 7) is 0.563. The van der Waals surface area contributed by atoms with Crippen LogP contribution in [0.2, 0.25) is 5.02 Å². The van der Waals surface area contributed by atoms with Crippen molar-refractivity contribution in [3.63, 3.8) is 0 Å². The summed E-state index contributed by atoms with van der Waals surface area (Å²) < 4.78 is 1.91. The molecular weight excluding hydrogens is 268 g/mol. The van der Waals surface area contributed by atoms with E-state index < -0.39 is 4.92 Å². The number of imidazole rings is 1. The van der Waals surface area contributed by atoms with Crippen LogP contribution >= 0.6 is 11.6 Å². The van der Waals surface area contributed by atoms with Gasteiger partial charge in [-0.3, -0.25) is 10.1 Å². The van der Waals surface area contributed by atoms with Crippen LogP contribution in [-0.2, 0) is 13.5 Å². The van der Waals surface area contributed by atoms with Gasteiger partial charge in [0.15, 0.2) is 0 Å². The highest BCUT2D eigenvalue weighted by Crippen LogP contribution is 2.27. The predicted octanol–water partition coefficient (Wildman–Crippen LogP) is 2.64. The van der Waals surface area contributed by atoms with Crippen molar-refractivity contribution in [3.8, 4) is 0 Å². The van der Waals surface area contributed by atoms with Gasteiger partial charge in [-0.05, 0) is 12.1 Å². The van der Waals surface area contributed by atoms with Crippen LogP contribution in [0.15, 0.2) is 30.6 Å². The summed E-state index contributed by atoms with van der Waals surface area (Å²) in [7, 11) is 1.91. The van der Waals surface area contributed by atoms with E-state index in [0.29, 0.717) is 23.7 Å².